The Morgan fingerprint density at radius 1 is 0.373 bits per heavy atom. The molecule has 0 fully saturated rings. The smallest absolute Gasteiger partial charge is 0.0713 e. The summed E-state index contributed by atoms with van der Waals surface area (Å²) in [4.78, 5) is 2.08. The highest BCUT2D eigenvalue weighted by Gasteiger charge is 2.46. The second-order valence-corrected chi connectivity index (χ2v) is 16.1. The van der Waals surface area contributed by atoms with Gasteiger partial charge in [0.05, 0.1) is 22.3 Å². The lowest BCUT2D eigenvalue weighted by molar-refractivity contribution is 0.660. The number of fused-ring (bicyclic) bond motifs is 6. The summed E-state index contributed by atoms with van der Waals surface area (Å²) in [6.07, 6.45) is 0. The number of benzene rings is 9. The standard InChI is InChI=1S/C58H43N/c1-57(2)51-30-16-12-28-47(51)49-37-35-44(39-53(49)57)59(55-32-18-14-26-45(55)40-20-6-3-7-21-40)56-33-19-15-27-46(56)41-34-36-50-48-29-13-17-31-52(48)58(54(50)38-41,42-22-8-4-9-23-42)43-24-10-5-11-25-43/h3-39H,1-2H3/i15D,19D,27D,33D. The average molecular weight is 758 g/mol. The van der Waals surface area contributed by atoms with E-state index in [0.717, 1.165) is 55.9 Å². The van der Waals surface area contributed by atoms with Gasteiger partial charge in [0, 0.05) is 22.2 Å². The van der Waals surface area contributed by atoms with Crippen LogP contribution in [0.3, 0.4) is 0 Å². The molecule has 0 amide bonds. The number of hydrogen-bond acceptors (Lipinski definition) is 1. The van der Waals surface area contributed by atoms with Crippen LogP contribution >= 0.6 is 0 Å². The van der Waals surface area contributed by atoms with E-state index in [0.29, 0.717) is 16.8 Å². The predicted octanol–water partition coefficient (Wildman–Crippen LogP) is 15.2. The Labute approximate surface area is 353 Å². The first-order valence-corrected chi connectivity index (χ1v) is 20.4. The van der Waals surface area contributed by atoms with E-state index in [4.69, 9.17) is 0 Å². The number of anilines is 3. The lowest BCUT2D eigenvalue weighted by atomic mass is 9.67. The zero-order valence-electron chi connectivity index (χ0n) is 37.0. The number of para-hydroxylation sites is 2. The summed E-state index contributed by atoms with van der Waals surface area (Å²) in [7, 11) is 0. The molecule has 2 aliphatic rings. The summed E-state index contributed by atoms with van der Waals surface area (Å²) in [6, 6.07) is 69.0. The highest BCUT2D eigenvalue weighted by atomic mass is 15.1. The Kier molecular flexibility index (Phi) is 7.17. The summed E-state index contributed by atoms with van der Waals surface area (Å²) in [5.41, 5.74) is 15.6. The van der Waals surface area contributed by atoms with Crippen molar-refractivity contribution in [1.29, 1.82) is 0 Å². The van der Waals surface area contributed by atoms with Gasteiger partial charge < -0.3 is 4.90 Å². The lowest BCUT2D eigenvalue weighted by Crippen LogP contribution is -2.28. The first-order valence-electron chi connectivity index (χ1n) is 22.4. The van der Waals surface area contributed by atoms with Crippen molar-refractivity contribution >= 4 is 17.1 Å². The summed E-state index contributed by atoms with van der Waals surface area (Å²) < 4.78 is 38.3. The first kappa shape index (κ1) is 30.9. The fraction of sp³-hybridized carbons (Fsp3) is 0.0690. The van der Waals surface area contributed by atoms with Gasteiger partial charge in [0.25, 0.3) is 0 Å². The van der Waals surface area contributed by atoms with E-state index in [1.807, 2.05) is 48.5 Å². The molecule has 0 aliphatic heterocycles. The highest BCUT2D eigenvalue weighted by molar-refractivity contribution is 5.96. The van der Waals surface area contributed by atoms with E-state index >= 15 is 0 Å². The van der Waals surface area contributed by atoms with E-state index in [1.165, 1.54) is 22.3 Å². The maximum Gasteiger partial charge on any atom is 0.0713 e. The third-order valence-electron chi connectivity index (χ3n) is 12.7. The van der Waals surface area contributed by atoms with Crippen LogP contribution in [0.15, 0.2) is 224 Å². The molecule has 0 saturated heterocycles. The van der Waals surface area contributed by atoms with Gasteiger partial charge in [0.1, 0.15) is 0 Å². The minimum absolute atomic E-state index is 0.0948. The van der Waals surface area contributed by atoms with Crippen LogP contribution in [-0.2, 0) is 10.8 Å². The number of hydrogen-bond donors (Lipinski definition) is 0. The molecule has 59 heavy (non-hydrogen) atoms. The zero-order chi connectivity index (χ0) is 43.0. The van der Waals surface area contributed by atoms with Gasteiger partial charge in [0.15, 0.2) is 0 Å². The quantitative estimate of drug-likeness (QED) is 0.156. The molecule has 11 rings (SSSR count). The van der Waals surface area contributed by atoms with Crippen molar-refractivity contribution in [2.24, 2.45) is 0 Å². The molecule has 1 nitrogen and oxygen atoms in total. The summed E-state index contributed by atoms with van der Waals surface area (Å²) >= 11 is 0. The minimum atomic E-state index is -0.698. The average Bonchev–Trinajstić information content (AvgIpc) is 3.76. The van der Waals surface area contributed by atoms with Gasteiger partial charge in [-0.3, -0.25) is 0 Å². The van der Waals surface area contributed by atoms with Crippen LogP contribution in [0.5, 0.6) is 0 Å². The van der Waals surface area contributed by atoms with E-state index in [2.05, 4.69) is 170 Å². The normalized spacial score (nSPS) is 14.8. The van der Waals surface area contributed by atoms with Crippen LogP contribution in [0.1, 0.15) is 52.7 Å². The van der Waals surface area contributed by atoms with E-state index in [1.54, 1.807) is 0 Å². The Bertz CT molecular complexity index is 3210. The minimum Gasteiger partial charge on any atom is -0.309 e. The van der Waals surface area contributed by atoms with Crippen LogP contribution in [-0.4, -0.2) is 0 Å². The summed E-state index contributed by atoms with van der Waals surface area (Å²) in [5.74, 6) is 0. The second-order valence-electron chi connectivity index (χ2n) is 16.1. The molecule has 0 bridgehead atoms. The molecule has 0 heterocycles. The van der Waals surface area contributed by atoms with E-state index < -0.39 is 5.41 Å². The van der Waals surface area contributed by atoms with Crippen LogP contribution in [0.25, 0.3) is 44.5 Å². The van der Waals surface area contributed by atoms with Crippen LogP contribution < -0.4 is 4.90 Å². The number of rotatable bonds is 7. The third kappa shape index (κ3) is 5.31. The van der Waals surface area contributed by atoms with Crippen molar-refractivity contribution in [3.05, 3.63) is 258 Å². The first-order chi connectivity index (χ1) is 30.7. The van der Waals surface area contributed by atoms with Crippen molar-refractivity contribution in [2.45, 2.75) is 24.7 Å². The van der Waals surface area contributed by atoms with Gasteiger partial charge in [-0.05, 0) is 97.1 Å². The monoisotopic (exact) mass is 757 g/mol. The van der Waals surface area contributed by atoms with Crippen LogP contribution in [0.2, 0.25) is 0 Å². The maximum atomic E-state index is 9.94. The third-order valence-corrected chi connectivity index (χ3v) is 12.7. The van der Waals surface area contributed by atoms with Crippen molar-refractivity contribution in [3.8, 4) is 44.5 Å². The van der Waals surface area contributed by atoms with Gasteiger partial charge in [-0.15, -0.1) is 0 Å². The Hall–Kier alpha value is -7.22. The van der Waals surface area contributed by atoms with Gasteiger partial charge >= 0.3 is 0 Å². The summed E-state index contributed by atoms with van der Waals surface area (Å²) in [6.45, 7) is 4.52. The van der Waals surface area contributed by atoms with Gasteiger partial charge in [-0.2, -0.15) is 0 Å². The van der Waals surface area contributed by atoms with Crippen molar-refractivity contribution in [1.82, 2.24) is 0 Å². The largest absolute Gasteiger partial charge is 0.309 e. The second kappa shape index (κ2) is 13.7. The molecule has 0 saturated carbocycles. The highest BCUT2D eigenvalue weighted by Crippen LogP contribution is 2.58. The SMILES string of the molecule is [2H]c1c([2H])c([2H])c(N(c2ccc3c(c2)C(C)(C)c2ccccc2-3)c2ccccc2-c2ccccc2)c(-c2ccc3c(c2)C(c2ccccc2)(c2ccccc2)c2ccccc2-3)c1[2H]. The maximum absolute atomic E-state index is 9.94. The van der Waals surface area contributed by atoms with Crippen molar-refractivity contribution in [3.63, 3.8) is 0 Å². The molecule has 280 valence electrons. The topological polar surface area (TPSA) is 3.24 Å². The fourth-order valence-corrected chi connectivity index (χ4v) is 10.0. The Morgan fingerprint density at radius 2 is 0.898 bits per heavy atom. The van der Waals surface area contributed by atoms with Crippen molar-refractivity contribution < 1.29 is 5.48 Å². The Morgan fingerprint density at radius 3 is 1.61 bits per heavy atom. The van der Waals surface area contributed by atoms with Crippen LogP contribution in [0.4, 0.5) is 17.1 Å². The van der Waals surface area contributed by atoms with Gasteiger partial charge in [0.2, 0.25) is 0 Å². The molecule has 1 heteroatoms. The van der Waals surface area contributed by atoms with E-state index in [9.17, 15) is 5.48 Å². The lowest BCUT2D eigenvalue weighted by Gasteiger charge is -2.34. The number of nitrogens with zero attached hydrogens (tertiary/aromatic N) is 1. The summed E-state index contributed by atoms with van der Waals surface area (Å²) in [5, 5.41) is 0. The van der Waals surface area contributed by atoms with Gasteiger partial charge in [-0.25, -0.2) is 0 Å². The molecular weight excluding hydrogens is 711 g/mol. The van der Waals surface area contributed by atoms with Crippen molar-refractivity contribution in [2.75, 3.05) is 4.90 Å². The van der Waals surface area contributed by atoms with Gasteiger partial charge in [-0.1, -0.05) is 208 Å². The molecule has 9 aromatic carbocycles. The molecule has 9 aromatic rings. The molecule has 0 unspecified atom stereocenters. The molecule has 0 spiro atoms. The molecule has 0 aromatic heterocycles. The van der Waals surface area contributed by atoms with E-state index in [-0.39, 0.29) is 29.6 Å². The molecule has 0 radical (unpaired) electrons. The predicted molar refractivity (Wildman–Crippen MR) is 247 cm³/mol. The molecule has 0 N–H and O–H groups in total. The molecule has 0 atom stereocenters. The fourth-order valence-electron chi connectivity index (χ4n) is 10.0. The Balaban J connectivity index is 1.23. The van der Waals surface area contributed by atoms with Crippen LogP contribution in [0, 0.1) is 0 Å². The molecular formula is C58H43N. The molecule has 2 aliphatic carbocycles. The zero-order valence-corrected chi connectivity index (χ0v) is 33.0.